The molecule has 0 aliphatic carbocycles. The fraction of sp³-hybridized carbons (Fsp3) is 0.455. The second kappa shape index (κ2) is 6.97. The fourth-order valence-corrected chi connectivity index (χ4v) is 1.97. The second-order valence-electron chi connectivity index (χ2n) is 4.44. The maximum absolute atomic E-state index is 10.7. The van der Waals surface area contributed by atoms with Gasteiger partial charge < -0.3 is 25.7 Å². The summed E-state index contributed by atoms with van der Waals surface area (Å²) in [6.45, 7) is 1.09. The molecule has 0 saturated heterocycles. The summed E-state index contributed by atoms with van der Waals surface area (Å²) >= 11 is 0. The van der Waals surface area contributed by atoms with E-state index in [1.807, 2.05) is 0 Å². The van der Waals surface area contributed by atoms with Crippen LogP contribution in [0.2, 0.25) is 0 Å². The second-order valence-corrected chi connectivity index (χ2v) is 5.68. The predicted molar refractivity (Wildman–Crippen MR) is 71.4 cm³/mol. The molecular formula is C11H17N2O7P. The van der Waals surface area contributed by atoms with Gasteiger partial charge in [-0.15, -0.1) is 0 Å². The normalized spacial score (nSPS) is 13.1. The number of hydrogen-bond donors (Lipinski definition) is 5. The summed E-state index contributed by atoms with van der Waals surface area (Å²) in [5, 5.41) is 18.7. The lowest BCUT2D eigenvalue weighted by Gasteiger charge is -2.14. The lowest BCUT2D eigenvalue weighted by Crippen LogP contribution is -2.30. The first-order chi connectivity index (χ1) is 9.61. The Bertz CT molecular complexity index is 572. The summed E-state index contributed by atoms with van der Waals surface area (Å²) in [7, 11) is -4.66. The third-order valence-corrected chi connectivity index (χ3v) is 3.31. The largest absolute Gasteiger partial charge is 0.506 e. The minimum absolute atomic E-state index is 0.0509. The molecule has 10 heteroatoms. The van der Waals surface area contributed by atoms with Gasteiger partial charge in [-0.3, -0.25) is 14.3 Å². The highest BCUT2D eigenvalue weighted by Gasteiger charge is 2.19. The summed E-state index contributed by atoms with van der Waals surface area (Å²) < 4.78 is 15.1. The number of pyridine rings is 1. The van der Waals surface area contributed by atoms with E-state index in [1.54, 1.807) is 6.92 Å². The Hall–Kier alpha value is -1.51. The maximum atomic E-state index is 10.7. The van der Waals surface area contributed by atoms with Crippen molar-refractivity contribution in [3.05, 3.63) is 23.0 Å². The zero-order valence-corrected chi connectivity index (χ0v) is 12.2. The number of carboxylic acid groups (broad SMARTS) is 1. The van der Waals surface area contributed by atoms with E-state index in [2.05, 4.69) is 9.51 Å². The Labute approximate surface area is 120 Å². The van der Waals surface area contributed by atoms with Crippen molar-refractivity contribution >= 4 is 13.8 Å². The quantitative estimate of drug-likeness (QED) is 0.436. The van der Waals surface area contributed by atoms with Crippen LogP contribution < -0.4 is 5.73 Å². The molecule has 0 spiro atoms. The SMILES string of the molecule is Cc1ncc(COP(=O)(O)O)c(CCC(N)C(=O)O)c1O. The van der Waals surface area contributed by atoms with Gasteiger partial charge in [0.25, 0.3) is 0 Å². The number of phosphoric acid groups is 1. The van der Waals surface area contributed by atoms with Crippen LogP contribution in [0.1, 0.15) is 23.2 Å². The van der Waals surface area contributed by atoms with Crippen molar-refractivity contribution in [1.29, 1.82) is 0 Å². The van der Waals surface area contributed by atoms with Crippen molar-refractivity contribution < 1.29 is 33.9 Å². The average molecular weight is 320 g/mol. The van der Waals surface area contributed by atoms with Crippen molar-refractivity contribution in [2.24, 2.45) is 5.73 Å². The number of phosphoric ester groups is 1. The van der Waals surface area contributed by atoms with E-state index < -0.39 is 26.4 Å². The van der Waals surface area contributed by atoms with Gasteiger partial charge in [-0.2, -0.15) is 0 Å². The van der Waals surface area contributed by atoms with Gasteiger partial charge >= 0.3 is 13.8 Å². The van der Waals surface area contributed by atoms with Crippen LogP contribution in [0.4, 0.5) is 0 Å². The predicted octanol–water partition coefficient (Wildman–Crippen LogP) is 0.0494. The van der Waals surface area contributed by atoms with Crippen LogP contribution in [-0.2, 0) is 26.9 Å². The third-order valence-electron chi connectivity index (χ3n) is 2.84. The first-order valence-electron chi connectivity index (χ1n) is 5.96. The van der Waals surface area contributed by atoms with Crippen molar-refractivity contribution in [2.75, 3.05) is 0 Å². The minimum Gasteiger partial charge on any atom is -0.506 e. The van der Waals surface area contributed by atoms with E-state index in [0.29, 0.717) is 11.3 Å². The Kier molecular flexibility index (Phi) is 5.82. The molecule has 0 radical (unpaired) electrons. The molecule has 1 aromatic heterocycles. The summed E-state index contributed by atoms with van der Waals surface area (Å²) in [4.78, 5) is 31.9. The van der Waals surface area contributed by atoms with Crippen LogP contribution in [0.5, 0.6) is 5.75 Å². The van der Waals surface area contributed by atoms with Crippen molar-refractivity contribution in [3.8, 4) is 5.75 Å². The first kappa shape index (κ1) is 17.5. The average Bonchev–Trinajstić information content (AvgIpc) is 2.37. The Morgan fingerprint density at radius 1 is 1.52 bits per heavy atom. The zero-order chi connectivity index (χ0) is 16.2. The molecule has 1 heterocycles. The zero-order valence-electron chi connectivity index (χ0n) is 11.3. The number of aromatic nitrogens is 1. The molecular weight excluding hydrogens is 303 g/mol. The van der Waals surface area contributed by atoms with Crippen LogP contribution in [0.15, 0.2) is 6.20 Å². The molecule has 21 heavy (non-hydrogen) atoms. The van der Waals surface area contributed by atoms with Gasteiger partial charge in [0.05, 0.1) is 12.3 Å². The number of rotatable bonds is 7. The molecule has 1 unspecified atom stereocenters. The molecule has 0 aliphatic rings. The van der Waals surface area contributed by atoms with Gasteiger partial charge in [-0.1, -0.05) is 0 Å². The molecule has 0 aliphatic heterocycles. The summed E-state index contributed by atoms with van der Waals surface area (Å²) in [5.74, 6) is -1.34. The van der Waals surface area contributed by atoms with Crippen LogP contribution in [0.25, 0.3) is 0 Å². The van der Waals surface area contributed by atoms with Crippen LogP contribution >= 0.6 is 7.82 Å². The monoisotopic (exact) mass is 320 g/mol. The Morgan fingerprint density at radius 2 is 2.14 bits per heavy atom. The van der Waals surface area contributed by atoms with Gasteiger partial charge in [-0.25, -0.2) is 4.57 Å². The van der Waals surface area contributed by atoms with E-state index in [4.69, 9.17) is 20.6 Å². The molecule has 0 saturated carbocycles. The molecule has 1 aromatic rings. The van der Waals surface area contributed by atoms with Crippen molar-refractivity contribution in [2.45, 2.75) is 32.4 Å². The van der Waals surface area contributed by atoms with Gasteiger partial charge in [0, 0.05) is 17.3 Å². The molecule has 0 bridgehead atoms. The summed E-state index contributed by atoms with van der Waals surface area (Å²) in [6, 6.07) is -1.10. The van der Waals surface area contributed by atoms with Gasteiger partial charge in [-0.05, 0) is 19.8 Å². The molecule has 1 atom stereocenters. The number of aliphatic carboxylic acids is 1. The van der Waals surface area contributed by atoms with Crippen LogP contribution in [0.3, 0.4) is 0 Å². The lowest BCUT2D eigenvalue weighted by molar-refractivity contribution is -0.138. The molecule has 0 fully saturated rings. The summed E-state index contributed by atoms with van der Waals surface area (Å²) in [5.41, 5.74) is 6.28. The van der Waals surface area contributed by atoms with E-state index in [9.17, 15) is 14.5 Å². The Balaban J connectivity index is 2.95. The number of carbonyl (C=O) groups is 1. The first-order valence-corrected chi connectivity index (χ1v) is 7.49. The molecule has 9 nitrogen and oxygen atoms in total. The smallest absolute Gasteiger partial charge is 0.469 e. The standard InChI is InChI=1S/C11H17N2O7P/c1-6-10(14)8(2-3-9(12)11(15)16)7(4-13-6)5-20-21(17,18)19/h4,9,14H,2-3,5,12H2,1H3,(H,15,16)(H2,17,18,19). The number of aryl methyl sites for hydroxylation is 1. The highest BCUT2D eigenvalue weighted by Crippen LogP contribution is 2.38. The topological polar surface area (TPSA) is 163 Å². The highest BCUT2D eigenvalue weighted by atomic mass is 31.2. The van der Waals surface area contributed by atoms with E-state index in [0.717, 1.165) is 0 Å². The van der Waals surface area contributed by atoms with E-state index >= 15 is 0 Å². The highest BCUT2D eigenvalue weighted by molar-refractivity contribution is 7.46. The van der Waals surface area contributed by atoms with Crippen LogP contribution in [0, 0.1) is 6.92 Å². The molecule has 0 aromatic carbocycles. The number of hydrogen-bond acceptors (Lipinski definition) is 6. The number of aromatic hydroxyl groups is 1. The fourth-order valence-electron chi connectivity index (χ4n) is 1.66. The minimum atomic E-state index is -4.66. The van der Waals surface area contributed by atoms with Gasteiger partial charge in [0.1, 0.15) is 11.8 Å². The molecule has 0 amide bonds. The van der Waals surface area contributed by atoms with E-state index in [1.165, 1.54) is 6.20 Å². The van der Waals surface area contributed by atoms with Gasteiger partial charge in [0.2, 0.25) is 0 Å². The maximum Gasteiger partial charge on any atom is 0.469 e. The third kappa shape index (κ3) is 5.41. The molecule has 6 N–H and O–H groups in total. The number of carboxylic acids is 1. The number of nitrogens with zero attached hydrogens (tertiary/aromatic N) is 1. The summed E-state index contributed by atoms with van der Waals surface area (Å²) in [6.07, 6.45) is 1.48. The molecule has 118 valence electrons. The van der Waals surface area contributed by atoms with E-state index in [-0.39, 0.29) is 24.2 Å². The Morgan fingerprint density at radius 3 is 2.67 bits per heavy atom. The van der Waals surface area contributed by atoms with Crippen LogP contribution in [-0.4, -0.2) is 37.0 Å². The van der Waals surface area contributed by atoms with Crippen molar-refractivity contribution in [3.63, 3.8) is 0 Å². The lowest BCUT2D eigenvalue weighted by atomic mass is 10.0. The van der Waals surface area contributed by atoms with Gasteiger partial charge in [0.15, 0.2) is 0 Å². The number of nitrogens with two attached hydrogens (primary N) is 1. The van der Waals surface area contributed by atoms with Crippen molar-refractivity contribution in [1.82, 2.24) is 4.98 Å². The molecule has 1 rings (SSSR count).